The first-order valence-electron chi connectivity index (χ1n) is 5.52. The first kappa shape index (κ1) is 15.4. The van der Waals surface area contributed by atoms with Gasteiger partial charge in [0.1, 0.15) is 0 Å². The van der Waals surface area contributed by atoms with Crippen molar-refractivity contribution in [2.24, 2.45) is 0 Å². The quantitative estimate of drug-likeness (QED) is 0.844. The molecule has 2 rings (SSSR count). The van der Waals surface area contributed by atoms with Crippen LogP contribution in [0.2, 0.25) is 15.1 Å². The van der Waals surface area contributed by atoms with Crippen LogP contribution in [0.1, 0.15) is 5.56 Å². The van der Waals surface area contributed by atoms with Crippen molar-refractivity contribution in [1.29, 1.82) is 0 Å². The molecular formula is C13H10Cl3NO2S. The highest BCUT2D eigenvalue weighted by molar-refractivity contribution is 7.90. The molecule has 0 radical (unpaired) electrons. The molecule has 0 saturated carbocycles. The first-order chi connectivity index (χ1) is 9.31. The van der Waals surface area contributed by atoms with E-state index in [0.717, 1.165) is 0 Å². The molecule has 0 heterocycles. The van der Waals surface area contributed by atoms with Crippen molar-refractivity contribution in [2.45, 2.75) is 10.6 Å². The van der Waals surface area contributed by atoms with Crippen LogP contribution in [-0.2, 0) is 15.6 Å². The lowest BCUT2D eigenvalue weighted by Crippen LogP contribution is -2.06. The molecule has 0 atom stereocenters. The summed E-state index contributed by atoms with van der Waals surface area (Å²) in [6, 6.07) is 9.01. The fourth-order valence-electron chi connectivity index (χ4n) is 1.64. The van der Waals surface area contributed by atoms with Crippen molar-refractivity contribution in [3.63, 3.8) is 0 Å². The Morgan fingerprint density at radius 2 is 1.55 bits per heavy atom. The fraction of sp³-hybridized carbons (Fsp3) is 0.0769. The van der Waals surface area contributed by atoms with Crippen LogP contribution in [0.3, 0.4) is 0 Å². The summed E-state index contributed by atoms with van der Waals surface area (Å²) in [4.78, 5) is 0.0766. The van der Waals surface area contributed by atoms with Gasteiger partial charge in [0.25, 0.3) is 0 Å². The molecule has 2 aromatic carbocycles. The minimum Gasteiger partial charge on any atom is -0.398 e. The lowest BCUT2D eigenvalue weighted by molar-refractivity contribution is 0.595. The Morgan fingerprint density at radius 1 is 0.950 bits per heavy atom. The normalized spacial score (nSPS) is 11.6. The molecular weight excluding hydrogens is 341 g/mol. The van der Waals surface area contributed by atoms with Crippen molar-refractivity contribution in [3.05, 3.63) is 57.0 Å². The summed E-state index contributed by atoms with van der Waals surface area (Å²) in [5.74, 6) is -0.300. The van der Waals surface area contributed by atoms with Crippen LogP contribution in [0.15, 0.2) is 41.3 Å². The summed E-state index contributed by atoms with van der Waals surface area (Å²) >= 11 is 17.8. The number of rotatable bonds is 3. The maximum absolute atomic E-state index is 12.4. The molecule has 106 valence electrons. The molecule has 0 aliphatic rings. The van der Waals surface area contributed by atoms with E-state index in [1.165, 1.54) is 18.2 Å². The average molecular weight is 351 g/mol. The number of nitrogen functional groups attached to an aromatic ring is 1. The molecule has 0 spiro atoms. The maximum atomic E-state index is 12.4. The molecule has 0 unspecified atom stereocenters. The van der Waals surface area contributed by atoms with E-state index in [2.05, 4.69) is 0 Å². The Balaban J connectivity index is 2.43. The van der Waals surface area contributed by atoms with Crippen molar-refractivity contribution in [3.8, 4) is 0 Å². The van der Waals surface area contributed by atoms with Crippen molar-refractivity contribution >= 4 is 50.3 Å². The van der Waals surface area contributed by atoms with Gasteiger partial charge in [-0.1, -0.05) is 40.9 Å². The highest BCUT2D eigenvalue weighted by atomic mass is 35.5. The van der Waals surface area contributed by atoms with E-state index in [0.29, 0.717) is 21.3 Å². The predicted octanol–water partition coefficient (Wildman–Crippen LogP) is 4.20. The van der Waals surface area contributed by atoms with E-state index in [4.69, 9.17) is 40.5 Å². The Labute approximate surface area is 132 Å². The van der Waals surface area contributed by atoms with Gasteiger partial charge in [0.15, 0.2) is 9.84 Å². The summed E-state index contributed by atoms with van der Waals surface area (Å²) in [5, 5.41) is 0.807. The van der Waals surface area contributed by atoms with Crippen LogP contribution < -0.4 is 5.73 Å². The predicted molar refractivity (Wildman–Crippen MR) is 83.2 cm³/mol. The molecule has 2 N–H and O–H groups in total. The van der Waals surface area contributed by atoms with E-state index >= 15 is 0 Å². The maximum Gasteiger partial charge on any atom is 0.182 e. The third-order valence-corrected chi connectivity index (χ3v) is 5.40. The molecule has 0 bridgehead atoms. The lowest BCUT2D eigenvalue weighted by atomic mass is 10.2. The zero-order valence-corrected chi connectivity index (χ0v) is 13.2. The van der Waals surface area contributed by atoms with Crippen LogP contribution in [0.25, 0.3) is 0 Å². The molecule has 0 saturated heterocycles. The molecule has 2 aromatic rings. The summed E-state index contributed by atoms with van der Waals surface area (Å²) in [6.07, 6.45) is 0. The number of nitrogens with two attached hydrogens (primary N) is 1. The number of hydrogen-bond donors (Lipinski definition) is 1. The summed E-state index contributed by atoms with van der Waals surface area (Å²) < 4.78 is 24.7. The zero-order valence-electron chi connectivity index (χ0n) is 10.1. The SMILES string of the molecule is Nc1ccc(S(=O)(=O)Cc2c(Cl)cccc2Cl)cc1Cl. The second-order valence-corrected chi connectivity index (χ2v) is 7.35. The molecule has 0 aliphatic heterocycles. The summed E-state index contributed by atoms with van der Waals surface area (Å²) in [7, 11) is -3.61. The molecule has 0 aliphatic carbocycles. The van der Waals surface area contributed by atoms with E-state index < -0.39 is 9.84 Å². The van der Waals surface area contributed by atoms with E-state index in [9.17, 15) is 8.42 Å². The van der Waals surface area contributed by atoms with E-state index in [-0.39, 0.29) is 15.7 Å². The second-order valence-electron chi connectivity index (χ2n) is 4.14. The van der Waals surface area contributed by atoms with Gasteiger partial charge in [-0.2, -0.15) is 0 Å². The van der Waals surface area contributed by atoms with Crippen LogP contribution in [0.5, 0.6) is 0 Å². The van der Waals surface area contributed by atoms with Gasteiger partial charge in [-0.3, -0.25) is 0 Å². The van der Waals surface area contributed by atoms with Gasteiger partial charge in [0.05, 0.1) is 21.4 Å². The molecule has 0 aromatic heterocycles. The largest absolute Gasteiger partial charge is 0.398 e. The Kier molecular flexibility index (Phi) is 4.49. The highest BCUT2D eigenvalue weighted by Crippen LogP contribution is 2.30. The van der Waals surface area contributed by atoms with Crippen LogP contribution in [0.4, 0.5) is 5.69 Å². The number of anilines is 1. The lowest BCUT2D eigenvalue weighted by Gasteiger charge is -2.09. The minimum absolute atomic E-state index is 0.0766. The number of benzene rings is 2. The number of halogens is 3. The fourth-order valence-corrected chi connectivity index (χ4v) is 4.01. The van der Waals surface area contributed by atoms with Gasteiger partial charge in [0.2, 0.25) is 0 Å². The van der Waals surface area contributed by atoms with Gasteiger partial charge < -0.3 is 5.73 Å². The van der Waals surface area contributed by atoms with Gasteiger partial charge in [-0.25, -0.2) is 8.42 Å². The Morgan fingerprint density at radius 3 is 2.10 bits per heavy atom. The van der Waals surface area contributed by atoms with Gasteiger partial charge >= 0.3 is 0 Å². The third kappa shape index (κ3) is 3.20. The second kappa shape index (κ2) is 5.82. The van der Waals surface area contributed by atoms with Crippen LogP contribution >= 0.6 is 34.8 Å². The van der Waals surface area contributed by atoms with Crippen molar-refractivity contribution < 1.29 is 8.42 Å². The molecule has 7 heteroatoms. The highest BCUT2D eigenvalue weighted by Gasteiger charge is 2.19. The first-order valence-corrected chi connectivity index (χ1v) is 8.30. The van der Waals surface area contributed by atoms with Gasteiger partial charge in [-0.05, 0) is 30.3 Å². The Bertz CT molecular complexity index is 740. The number of hydrogen-bond acceptors (Lipinski definition) is 3. The number of sulfone groups is 1. The molecule has 3 nitrogen and oxygen atoms in total. The average Bonchev–Trinajstić information content (AvgIpc) is 2.37. The van der Waals surface area contributed by atoms with Crippen molar-refractivity contribution in [2.75, 3.05) is 5.73 Å². The smallest absolute Gasteiger partial charge is 0.182 e. The van der Waals surface area contributed by atoms with E-state index in [1.54, 1.807) is 18.2 Å². The standard InChI is InChI=1S/C13H10Cl3NO2S/c14-10-2-1-3-11(15)9(10)7-20(18,19)8-4-5-13(17)12(16)6-8/h1-6H,7,17H2. The zero-order chi connectivity index (χ0) is 14.9. The summed E-state index contributed by atoms with van der Waals surface area (Å²) in [6.45, 7) is 0. The summed E-state index contributed by atoms with van der Waals surface area (Å²) in [5.41, 5.74) is 6.25. The van der Waals surface area contributed by atoms with Gasteiger partial charge in [-0.15, -0.1) is 0 Å². The Hall–Kier alpha value is -0.940. The van der Waals surface area contributed by atoms with Crippen molar-refractivity contribution in [1.82, 2.24) is 0 Å². The third-order valence-electron chi connectivity index (χ3n) is 2.73. The van der Waals surface area contributed by atoms with Gasteiger partial charge in [0, 0.05) is 15.6 Å². The molecule has 20 heavy (non-hydrogen) atoms. The molecule has 0 fully saturated rings. The van der Waals surface area contributed by atoms with E-state index in [1.807, 2.05) is 0 Å². The minimum atomic E-state index is -3.61. The molecule has 0 amide bonds. The monoisotopic (exact) mass is 349 g/mol. The van der Waals surface area contributed by atoms with Crippen LogP contribution in [0, 0.1) is 0 Å². The van der Waals surface area contributed by atoms with Crippen LogP contribution in [-0.4, -0.2) is 8.42 Å². The topological polar surface area (TPSA) is 60.2 Å².